The number of amides is 2. The molecule has 2 unspecified atom stereocenters. The molecule has 2 amide bonds. The van der Waals surface area contributed by atoms with Crippen LogP contribution in [0.1, 0.15) is 49.1 Å². The second-order valence-electron chi connectivity index (χ2n) is 10.0. The highest BCUT2D eigenvalue weighted by molar-refractivity contribution is 5.81. The van der Waals surface area contributed by atoms with Gasteiger partial charge in [0.05, 0.1) is 5.92 Å². The summed E-state index contributed by atoms with van der Waals surface area (Å²) in [6.07, 6.45) is 3.37. The summed E-state index contributed by atoms with van der Waals surface area (Å²) in [6, 6.07) is 16.4. The molecule has 2 aliphatic carbocycles. The number of hydrogen-bond acceptors (Lipinski definition) is 4. The predicted octanol–water partition coefficient (Wildman–Crippen LogP) is 4.26. The number of nitrogens with zero attached hydrogens (tertiary/aromatic N) is 1. The summed E-state index contributed by atoms with van der Waals surface area (Å²) in [7, 11) is 0. The van der Waals surface area contributed by atoms with E-state index >= 15 is 0 Å². The van der Waals surface area contributed by atoms with Gasteiger partial charge < -0.3 is 20.1 Å². The molecule has 0 radical (unpaired) electrons. The van der Waals surface area contributed by atoms with Crippen LogP contribution in [0.15, 0.2) is 48.5 Å². The van der Waals surface area contributed by atoms with Gasteiger partial charge in [0, 0.05) is 32.0 Å². The molecule has 184 valence electrons. The molecule has 2 fully saturated rings. The largest absolute Gasteiger partial charge is 0.481 e. The van der Waals surface area contributed by atoms with E-state index in [0.29, 0.717) is 13.1 Å². The van der Waals surface area contributed by atoms with E-state index in [1.807, 2.05) is 24.3 Å². The lowest BCUT2D eigenvalue weighted by molar-refractivity contribution is -0.140. The zero-order chi connectivity index (χ0) is 24.4. The first-order chi connectivity index (χ1) is 17.0. The van der Waals surface area contributed by atoms with Crippen LogP contribution in [0.3, 0.4) is 0 Å². The number of hydrogen-bond donors (Lipinski definition) is 2. The summed E-state index contributed by atoms with van der Waals surface area (Å²) in [5.41, 5.74) is 4.68. The van der Waals surface area contributed by atoms with Crippen LogP contribution in [0.2, 0.25) is 0 Å². The van der Waals surface area contributed by atoms with Gasteiger partial charge >= 0.3 is 12.1 Å². The second kappa shape index (κ2) is 10.1. The quantitative estimate of drug-likeness (QED) is 0.593. The smallest absolute Gasteiger partial charge is 0.407 e. The molecule has 7 nitrogen and oxygen atoms in total. The molecule has 1 saturated heterocycles. The third-order valence-electron chi connectivity index (χ3n) is 7.91. The number of benzene rings is 2. The summed E-state index contributed by atoms with van der Waals surface area (Å²) in [6.45, 7) is 1.56. The van der Waals surface area contributed by atoms with Gasteiger partial charge in [-0.1, -0.05) is 55.0 Å². The number of carboxylic acid groups (broad SMARTS) is 1. The summed E-state index contributed by atoms with van der Waals surface area (Å²) >= 11 is 0. The minimum atomic E-state index is -0.822. The molecule has 35 heavy (non-hydrogen) atoms. The molecule has 1 saturated carbocycles. The van der Waals surface area contributed by atoms with Crippen molar-refractivity contribution >= 4 is 18.0 Å². The van der Waals surface area contributed by atoms with Gasteiger partial charge in [0.15, 0.2) is 0 Å². The molecular formula is C28H32N2O5. The minimum absolute atomic E-state index is 0.00650. The number of nitrogens with one attached hydrogen (secondary N) is 1. The molecule has 7 heteroatoms. The lowest BCUT2D eigenvalue weighted by atomic mass is 9.75. The molecule has 5 rings (SSSR count). The molecule has 2 N–H and O–H groups in total. The number of likely N-dealkylation sites (tertiary alicyclic amines) is 1. The molecule has 2 aromatic rings. The highest BCUT2D eigenvalue weighted by Gasteiger charge is 2.38. The molecule has 1 aliphatic heterocycles. The van der Waals surface area contributed by atoms with Gasteiger partial charge in [0.25, 0.3) is 0 Å². The van der Waals surface area contributed by atoms with Crippen molar-refractivity contribution in [1.29, 1.82) is 0 Å². The standard InChI is InChI=1S/C28H32N2O5/c31-26(32)14-18-12-13-30(16-18)27(33)24(19-6-5-7-19)15-29-28(34)35-17-25-22-10-3-1-8-20(22)21-9-2-4-11-23(21)25/h1-4,8-11,18-19,24-25H,5-7,12-17H2,(H,29,34)(H,31,32). The van der Waals surface area contributed by atoms with Crippen LogP contribution in [-0.4, -0.2) is 54.2 Å². The first-order valence-corrected chi connectivity index (χ1v) is 12.6. The second-order valence-corrected chi connectivity index (χ2v) is 10.0. The third kappa shape index (κ3) is 4.90. The van der Waals surface area contributed by atoms with Crippen molar-refractivity contribution in [1.82, 2.24) is 10.2 Å². The van der Waals surface area contributed by atoms with Gasteiger partial charge in [-0.3, -0.25) is 9.59 Å². The topological polar surface area (TPSA) is 95.9 Å². The Morgan fingerprint density at radius 1 is 1.00 bits per heavy atom. The zero-order valence-electron chi connectivity index (χ0n) is 19.8. The van der Waals surface area contributed by atoms with E-state index in [0.717, 1.165) is 36.8 Å². The van der Waals surface area contributed by atoms with E-state index in [-0.39, 0.29) is 49.2 Å². The van der Waals surface area contributed by atoms with Crippen LogP contribution >= 0.6 is 0 Å². The number of carboxylic acids is 1. The van der Waals surface area contributed by atoms with Crippen molar-refractivity contribution in [3.05, 3.63) is 59.7 Å². The van der Waals surface area contributed by atoms with Crippen molar-refractivity contribution in [2.45, 2.75) is 38.0 Å². The monoisotopic (exact) mass is 476 g/mol. The van der Waals surface area contributed by atoms with Crippen molar-refractivity contribution in [2.75, 3.05) is 26.2 Å². The molecule has 3 aliphatic rings. The fourth-order valence-corrected chi connectivity index (χ4v) is 5.82. The number of carbonyl (C=O) groups excluding carboxylic acids is 2. The highest BCUT2D eigenvalue weighted by Crippen LogP contribution is 2.44. The van der Waals surface area contributed by atoms with E-state index < -0.39 is 12.1 Å². The fourth-order valence-electron chi connectivity index (χ4n) is 5.82. The zero-order valence-corrected chi connectivity index (χ0v) is 19.8. The van der Waals surface area contributed by atoms with Crippen LogP contribution < -0.4 is 5.32 Å². The Labute approximate surface area is 205 Å². The van der Waals surface area contributed by atoms with Gasteiger partial charge in [-0.05, 0) is 53.4 Å². The lowest BCUT2D eigenvalue weighted by Crippen LogP contribution is -2.45. The van der Waals surface area contributed by atoms with Crippen LogP contribution in [0.4, 0.5) is 4.79 Å². The Kier molecular flexibility index (Phi) is 6.75. The first-order valence-electron chi connectivity index (χ1n) is 12.6. The first kappa shape index (κ1) is 23.4. The number of ether oxygens (including phenoxy) is 1. The fraction of sp³-hybridized carbons (Fsp3) is 0.464. The van der Waals surface area contributed by atoms with Crippen molar-refractivity contribution in [3.63, 3.8) is 0 Å². The van der Waals surface area contributed by atoms with Crippen molar-refractivity contribution in [2.24, 2.45) is 17.8 Å². The van der Waals surface area contributed by atoms with Crippen LogP contribution in [-0.2, 0) is 14.3 Å². The Morgan fingerprint density at radius 3 is 2.26 bits per heavy atom. The number of carbonyl (C=O) groups is 3. The van der Waals surface area contributed by atoms with Crippen LogP contribution in [0, 0.1) is 17.8 Å². The summed E-state index contributed by atoms with van der Waals surface area (Å²) in [5.74, 6) is -0.817. The maximum absolute atomic E-state index is 13.3. The number of rotatable bonds is 8. The SMILES string of the molecule is O=C(O)CC1CCN(C(=O)C(CNC(=O)OCC2c3ccccc3-c3ccccc32)C2CCC2)C1. The number of alkyl carbamates (subject to hydrolysis) is 1. The summed E-state index contributed by atoms with van der Waals surface area (Å²) in [4.78, 5) is 38.7. The van der Waals surface area contributed by atoms with E-state index in [1.54, 1.807) is 4.90 Å². The summed E-state index contributed by atoms with van der Waals surface area (Å²) in [5, 5.41) is 11.9. The van der Waals surface area contributed by atoms with Gasteiger partial charge in [-0.2, -0.15) is 0 Å². The van der Waals surface area contributed by atoms with E-state index in [2.05, 4.69) is 29.6 Å². The average molecular weight is 477 g/mol. The Hall–Kier alpha value is -3.35. The van der Waals surface area contributed by atoms with Gasteiger partial charge in [-0.15, -0.1) is 0 Å². The summed E-state index contributed by atoms with van der Waals surface area (Å²) < 4.78 is 5.65. The van der Waals surface area contributed by atoms with Gasteiger partial charge in [0.2, 0.25) is 5.91 Å². The Balaban J connectivity index is 1.18. The van der Waals surface area contributed by atoms with E-state index in [1.165, 1.54) is 11.1 Å². The third-order valence-corrected chi connectivity index (χ3v) is 7.91. The minimum Gasteiger partial charge on any atom is -0.481 e. The lowest BCUT2D eigenvalue weighted by Gasteiger charge is -2.35. The molecule has 2 aromatic carbocycles. The van der Waals surface area contributed by atoms with E-state index in [9.17, 15) is 14.4 Å². The molecule has 2 atom stereocenters. The highest BCUT2D eigenvalue weighted by atomic mass is 16.5. The normalized spacial score (nSPS) is 20.0. The number of fused-ring (bicyclic) bond motifs is 3. The maximum atomic E-state index is 13.3. The van der Waals surface area contributed by atoms with Crippen molar-refractivity contribution in [3.8, 4) is 11.1 Å². The van der Waals surface area contributed by atoms with E-state index in [4.69, 9.17) is 9.84 Å². The molecule has 1 heterocycles. The van der Waals surface area contributed by atoms with Gasteiger partial charge in [-0.25, -0.2) is 4.79 Å². The molecular weight excluding hydrogens is 444 g/mol. The van der Waals surface area contributed by atoms with Gasteiger partial charge in [0.1, 0.15) is 6.61 Å². The molecule has 0 bridgehead atoms. The van der Waals surface area contributed by atoms with Crippen LogP contribution in [0.5, 0.6) is 0 Å². The molecule has 0 spiro atoms. The molecule has 0 aromatic heterocycles. The average Bonchev–Trinajstić information content (AvgIpc) is 3.41. The Morgan fingerprint density at radius 2 is 1.66 bits per heavy atom. The Bertz CT molecular complexity index is 1070. The predicted molar refractivity (Wildman–Crippen MR) is 131 cm³/mol. The maximum Gasteiger partial charge on any atom is 0.407 e. The van der Waals surface area contributed by atoms with Crippen LogP contribution in [0.25, 0.3) is 11.1 Å². The number of aliphatic carboxylic acids is 1. The van der Waals surface area contributed by atoms with Crippen molar-refractivity contribution < 1.29 is 24.2 Å².